The van der Waals surface area contributed by atoms with Gasteiger partial charge in [-0.1, -0.05) is 5.21 Å². The van der Waals surface area contributed by atoms with Crippen molar-refractivity contribution in [3.05, 3.63) is 24.0 Å². The van der Waals surface area contributed by atoms with Crippen LogP contribution in [0.4, 0.5) is 0 Å². The Hall–Kier alpha value is -2.78. The molecule has 1 unspecified atom stereocenters. The van der Waals surface area contributed by atoms with Gasteiger partial charge < -0.3 is 10.4 Å². The first-order valence-electron chi connectivity index (χ1n) is 5.34. The molecular formula is C9H11N7O3. The van der Waals surface area contributed by atoms with Crippen molar-refractivity contribution in [2.24, 2.45) is 0 Å². The Balaban J connectivity index is 1.92. The van der Waals surface area contributed by atoms with E-state index in [4.69, 9.17) is 5.11 Å². The van der Waals surface area contributed by atoms with Crippen LogP contribution in [0, 0.1) is 0 Å². The number of aromatic carboxylic acids is 1. The summed E-state index contributed by atoms with van der Waals surface area (Å²) in [5.74, 6) is -1.01. The number of aromatic amines is 1. The van der Waals surface area contributed by atoms with Gasteiger partial charge in [0.15, 0.2) is 5.69 Å². The zero-order valence-electron chi connectivity index (χ0n) is 9.94. The number of carboxylic acid groups (broad SMARTS) is 1. The lowest BCUT2D eigenvalue weighted by atomic mass is 10.3. The second kappa shape index (κ2) is 5.25. The highest BCUT2D eigenvalue weighted by Crippen LogP contribution is 2.03. The Morgan fingerprint density at radius 2 is 2.37 bits per heavy atom. The normalized spacial score (nSPS) is 12.1. The summed E-state index contributed by atoms with van der Waals surface area (Å²) in [6.45, 7) is 1.61. The fraction of sp³-hybridized carbons (Fsp3) is 0.333. The number of nitrogens with zero attached hydrogens (tertiary/aromatic N) is 5. The molecule has 0 radical (unpaired) electrons. The fourth-order valence-corrected chi connectivity index (χ4v) is 1.40. The van der Waals surface area contributed by atoms with Crippen molar-refractivity contribution in [3.63, 3.8) is 0 Å². The van der Waals surface area contributed by atoms with Gasteiger partial charge in [0, 0.05) is 0 Å². The SMILES string of the molecule is CC(NC(=O)Cn1cc(C(=O)O)nn1)c1ncn[nH]1. The number of H-pyrrole nitrogens is 1. The summed E-state index contributed by atoms with van der Waals surface area (Å²) < 4.78 is 1.14. The highest BCUT2D eigenvalue weighted by atomic mass is 16.4. The standard InChI is InChI=1S/C9H11N7O3/c1-5(8-10-4-11-14-8)12-7(17)3-16-2-6(9(18)19)13-15-16/h2,4-5H,3H2,1H3,(H,12,17)(H,18,19)(H,10,11,14). The van der Waals surface area contributed by atoms with Crippen LogP contribution >= 0.6 is 0 Å². The van der Waals surface area contributed by atoms with Crippen LogP contribution in [-0.2, 0) is 11.3 Å². The number of carboxylic acids is 1. The van der Waals surface area contributed by atoms with Gasteiger partial charge in [-0.25, -0.2) is 14.5 Å². The number of amides is 1. The lowest BCUT2D eigenvalue weighted by Gasteiger charge is -2.10. The minimum Gasteiger partial charge on any atom is -0.476 e. The second-order valence-corrected chi connectivity index (χ2v) is 3.77. The number of carbonyl (C=O) groups excluding carboxylic acids is 1. The van der Waals surface area contributed by atoms with Crippen molar-refractivity contribution in [2.75, 3.05) is 0 Å². The molecule has 1 amide bonds. The zero-order chi connectivity index (χ0) is 13.8. The lowest BCUT2D eigenvalue weighted by molar-refractivity contribution is -0.122. The molecule has 2 aromatic rings. The molecular weight excluding hydrogens is 254 g/mol. The maximum absolute atomic E-state index is 11.7. The Labute approximate surface area is 106 Å². The predicted octanol–water partition coefficient (Wildman–Crippen LogP) is -1.03. The van der Waals surface area contributed by atoms with Crippen molar-refractivity contribution in [1.29, 1.82) is 0 Å². The smallest absolute Gasteiger partial charge is 0.358 e. The van der Waals surface area contributed by atoms with E-state index in [1.54, 1.807) is 6.92 Å². The second-order valence-electron chi connectivity index (χ2n) is 3.77. The van der Waals surface area contributed by atoms with Crippen molar-refractivity contribution in [3.8, 4) is 0 Å². The monoisotopic (exact) mass is 265 g/mol. The van der Waals surface area contributed by atoms with Crippen LogP contribution in [0.5, 0.6) is 0 Å². The van der Waals surface area contributed by atoms with Gasteiger partial charge in [-0.3, -0.25) is 9.89 Å². The van der Waals surface area contributed by atoms with Crippen LogP contribution in [-0.4, -0.2) is 47.2 Å². The molecule has 1 atom stereocenters. The third kappa shape index (κ3) is 3.12. The molecule has 2 aromatic heterocycles. The van der Waals surface area contributed by atoms with E-state index in [9.17, 15) is 9.59 Å². The Kier molecular flexibility index (Phi) is 3.50. The molecule has 10 nitrogen and oxygen atoms in total. The molecule has 19 heavy (non-hydrogen) atoms. The fourth-order valence-electron chi connectivity index (χ4n) is 1.40. The first-order chi connectivity index (χ1) is 9.06. The maximum Gasteiger partial charge on any atom is 0.358 e. The van der Waals surface area contributed by atoms with Gasteiger partial charge in [0.05, 0.1) is 12.2 Å². The average Bonchev–Trinajstić information content (AvgIpc) is 2.98. The van der Waals surface area contributed by atoms with E-state index in [0.717, 1.165) is 4.68 Å². The van der Waals surface area contributed by atoms with E-state index in [2.05, 4.69) is 30.8 Å². The number of hydrogen-bond acceptors (Lipinski definition) is 6. The van der Waals surface area contributed by atoms with Gasteiger partial charge in [0.2, 0.25) is 5.91 Å². The van der Waals surface area contributed by atoms with Gasteiger partial charge in [0.25, 0.3) is 0 Å². The Bertz CT molecular complexity index is 576. The molecule has 100 valence electrons. The number of hydrogen-bond donors (Lipinski definition) is 3. The average molecular weight is 265 g/mol. The highest BCUT2D eigenvalue weighted by Gasteiger charge is 2.14. The minimum absolute atomic E-state index is 0.126. The summed E-state index contributed by atoms with van der Waals surface area (Å²) in [5.41, 5.74) is -0.212. The molecule has 3 N–H and O–H groups in total. The van der Waals surface area contributed by atoms with Crippen molar-refractivity contribution in [1.82, 2.24) is 35.5 Å². The number of rotatable bonds is 5. The molecule has 2 rings (SSSR count). The summed E-state index contributed by atoms with van der Waals surface area (Å²) in [6, 6.07) is -0.336. The van der Waals surface area contributed by atoms with E-state index in [0.29, 0.717) is 5.82 Å². The molecule has 0 spiro atoms. The van der Waals surface area contributed by atoms with Gasteiger partial charge in [-0.2, -0.15) is 5.10 Å². The van der Waals surface area contributed by atoms with Crippen LogP contribution in [0.2, 0.25) is 0 Å². The molecule has 0 fully saturated rings. The largest absolute Gasteiger partial charge is 0.476 e. The number of aromatic nitrogens is 6. The molecule has 0 saturated heterocycles. The Morgan fingerprint density at radius 3 is 2.95 bits per heavy atom. The van der Waals surface area contributed by atoms with Gasteiger partial charge in [-0.15, -0.1) is 5.10 Å². The highest BCUT2D eigenvalue weighted by molar-refractivity contribution is 5.84. The molecule has 2 heterocycles. The Morgan fingerprint density at radius 1 is 1.58 bits per heavy atom. The lowest BCUT2D eigenvalue weighted by Crippen LogP contribution is -2.30. The maximum atomic E-state index is 11.7. The van der Waals surface area contributed by atoms with Gasteiger partial charge in [-0.05, 0) is 6.92 Å². The third-order valence-corrected chi connectivity index (χ3v) is 2.28. The van der Waals surface area contributed by atoms with Crippen molar-refractivity contribution in [2.45, 2.75) is 19.5 Å². The van der Waals surface area contributed by atoms with Crippen LogP contribution in [0.3, 0.4) is 0 Å². The van der Waals surface area contributed by atoms with E-state index in [1.807, 2.05) is 0 Å². The van der Waals surface area contributed by atoms with Crippen molar-refractivity contribution >= 4 is 11.9 Å². The molecule has 0 bridgehead atoms. The quantitative estimate of drug-likeness (QED) is 0.628. The van der Waals surface area contributed by atoms with Crippen LogP contribution < -0.4 is 5.32 Å². The summed E-state index contributed by atoms with van der Waals surface area (Å²) >= 11 is 0. The predicted molar refractivity (Wildman–Crippen MR) is 59.9 cm³/mol. The van der Waals surface area contributed by atoms with Crippen LogP contribution in [0.15, 0.2) is 12.5 Å². The van der Waals surface area contributed by atoms with Gasteiger partial charge in [0.1, 0.15) is 18.7 Å². The minimum atomic E-state index is -1.19. The third-order valence-electron chi connectivity index (χ3n) is 2.28. The van der Waals surface area contributed by atoms with Crippen molar-refractivity contribution < 1.29 is 14.7 Å². The van der Waals surface area contributed by atoms with Crippen LogP contribution in [0.25, 0.3) is 0 Å². The summed E-state index contributed by atoms with van der Waals surface area (Å²) in [6.07, 6.45) is 2.52. The van der Waals surface area contributed by atoms with E-state index in [-0.39, 0.29) is 24.2 Å². The molecule has 0 aliphatic carbocycles. The van der Waals surface area contributed by atoms with Gasteiger partial charge >= 0.3 is 5.97 Å². The first-order valence-corrected chi connectivity index (χ1v) is 5.34. The summed E-state index contributed by atoms with van der Waals surface area (Å²) in [5, 5.41) is 24.6. The molecule has 0 aromatic carbocycles. The molecule has 0 aliphatic rings. The zero-order valence-corrected chi connectivity index (χ0v) is 9.94. The molecule has 0 aliphatic heterocycles. The van der Waals surface area contributed by atoms with Crippen LogP contribution in [0.1, 0.15) is 29.3 Å². The van der Waals surface area contributed by atoms with E-state index >= 15 is 0 Å². The van der Waals surface area contributed by atoms with E-state index in [1.165, 1.54) is 12.5 Å². The summed E-state index contributed by atoms with van der Waals surface area (Å²) in [7, 11) is 0. The molecule has 10 heteroatoms. The molecule has 0 saturated carbocycles. The first kappa shape index (κ1) is 12.7. The number of carbonyl (C=O) groups is 2. The van der Waals surface area contributed by atoms with E-state index < -0.39 is 5.97 Å². The topological polar surface area (TPSA) is 139 Å². The number of nitrogens with one attached hydrogen (secondary N) is 2. The summed E-state index contributed by atoms with van der Waals surface area (Å²) in [4.78, 5) is 26.2.